The summed E-state index contributed by atoms with van der Waals surface area (Å²) >= 11 is 1.83. The van der Waals surface area contributed by atoms with Crippen molar-refractivity contribution in [3.63, 3.8) is 0 Å². The van der Waals surface area contributed by atoms with Crippen LogP contribution in [0, 0.1) is 0 Å². The minimum atomic E-state index is -0.0191. The molecule has 0 saturated carbocycles. The van der Waals surface area contributed by atoms with Crippen molar-refractivity contribution in [1.82, 2.24) is 10.6 Å². The summed E-state index contributed by atoms with van der Waals surface area (Å²) in [6.07, 6.45) is 2.24. The molecule has 1 unspecified atom stereocenters. The Morgan fingerprint density at radius 1 is 1.56 bits per heavy atom. The van der Waals surface area contributed by atoms with Crippen LogP contribution in [0.3, 0.4) is 0 Å². The summed E-state index contributed by atoms with van der Waals surface area (Å²) in [7, 11) is 0. The van der Waals surface area contributed by atoms with Gasteiger partial charge in [-0.1, -0.05) is 13.3 Å². The van der Waals surface area contributed by atoms with Gasteiger partial charge in [0.05, 0.1) is 12.6 Å². The van der Waals surface area contributed by atoms with Crippen LogP contribution in [0.1, 0.15) is 19.8 Å². The number of amides is 1. The summed E-state index contributed by atoms with van der Waals surface area (Å²) in [5.41, 5.74) is 0. The van der Waals surface area contributed by atoms with Crippen LogP contribution in [-0.2, 0) is 9.53 Å². The maximum Gasteiger partial charge on any atom is 0.238 e. The second-order valence-electron chi connectivity index (χ2n) is 3.84. The molecule has 0 aromatic heterocycles. The summed E-state index contributed by atoms with van der Waals surface area (Å²) in [6.45, 7) is 5.09. The van der Waals surface area contributed by atoms with E-state index in [-0.39, 0.29) is 11.9 Å². The minimum Gasteiger partial charge on any atom is -0.380 e. The molecule has 0 aliphatic carbocycles. The Kier molecular flexibility index (Phi) is 7.63. The maximum absolute atomic E-state index is 11.6. The van der Waals surface area contributed by atoms with Crippen molar-refractivity contribution < 1.29 is 9.53 Å². The number of rotatable bonds is 7. The highest BCUT2D eigenvalue weighted by molar-refractivity contribution is 7.99. The molecular formula is C11H22N2O2S. The van der Waals surface area contributed by atoms with Crippen LogP contribution in [-0.4, -0.2) is 49.8 Å². The summed E-state index contributed by atoms with van der Waals surface area (Å²) in [6, 6.07) is -0.0191. The average Bonchev–Trinajstić information content (AvgIpc) is 2.34. The third-order valence-electron chi connectivity index (χ3n) is 2.43. The van der Waals surface area contributed by atoms with Gasteiger partial charge in [0.2, 0.25) is 5.91 Å². The normalized spacial score (nSPS) is 20.7. The van der Waals surface area contributed by atoms with E-state index in [0.29, 0.717) is 13.2 Å². The van der Waals surface area contributed by atoms with Crippen LogP contribution in [0.4, 0.5) is 0 Å². The SMILES string of the molecule is CCCCOCCNC(=O)C1CSCCN1. The van der Waals surface area contributed by atoms with Gasteiger partial charge in [0.25, 0.3) is 0 Å². The molecule has 1 heterocycles. The number of carbonyl (C=O) groups is 1. The Balaban J connectivity index is 1.97. The summed E-state index contributed by atoms with van der Waals surface area (Å²) in [4.78, 5) is 11.6. The van der Waals surface area contributed by atoms with E-state index in [0.717, 1.165) is 37.5 Å². The van der Waals surface area contributed by atoms with Crippen molar-refractivity contribution in [3.8, 4) is 0 Å². The lowest BCUT2D eigenvalue weighted by molar-refractivity contribution is -0.122. The van der Waals surface area contributed by atoms with Crippen LogP contribution in [0.25, 0.3) is 0 Å². The van der Waals surface area contributed by atoms with E-state index in [2.05, 4.69) is 17.6 Å². The molecule has 1 aliphatic rings. The molecule has 1 rings (SSSR count). The lowest BCUT2D eigenvalue weighted by Gasteiger charge is -2.22. The van der Waals surface area contributed by atoms with Gasteiger partial charge in [0.1, 0.15) is 0 Å². The Labute approximate surface area is 102 Å². The van der Waals surface area contributed by atoms with E-state index in [1.807, 2.05) is 11.8 Å². The molecule has 0 bridgehead atoms. The third-order valence-corrected chi connectivity index (χ3v) is 3.49. The van der Waals surface area contributed by atoms with Crippen LogP contribution in [0.5, 0.6) is 0 Å². The van der Waals surface area contributed by atoms with Crippen molar-refractivity contribution in [2.45, 2.75) is 25.8 Å². The average molecular weight is 246 g/mol. The van der Waals surface area contributed by atoms with E-state index < -0.39 is 0 Å². The van der Waals surface area contributed by atoms with Gasteiger partial charge in [0.15, 0.2) is 0 Å². The predicted molar refractivity (Wildman–Crippen MR) is 67.9 cm³/mol. The topological polar surface area (TPSA) is 50.4 Å². The Morgan fingerprint density at radius 2 is 2.44 bits per heavy atom. The quantitative estimate of drug-likeness (QED) is 0.647. The lowest BCUT2D eigenvalue weighted by Crippen LogP contribution is -2.49. The number of nitrogens with one attached hydrogen (secondary N) is 2. The summed E-state index contributed by atoms with van der Waals surface area (Å²) in [5, 5.41) is 6.10. The largest absolute Gasteiger partial charge is 0.380 e. The van der Waals surface area contributed by atoms with E-state index in [1.54, 1.807) is 0 Å². The second kappa shape index (κ2) is 8.84. The molecule has 0 radical (unpaired) electrons. The second-order valence-corrected chi connectivity index (χ2v) is 4.99. The molecule has 94 valence electrons. The van der Waals surface area contributed by atoms with Crippen molar-refractivity contribution >= 4 is 17.7 Å². The Hall–Kier alpha value is -0.260. The van der Waals surface area contributed by atoms with Crippen LogP contribution in [0.2, 0.25) is 0 Å². The van der Waals surface area contributed by atoms with Crippen molar-refractivity contribution in [2.24, 2.45) is 0 Å². The molecule has 1 saturated heterocycles. The van der Waals surface area contributed by atoms with Crippen LogP contribution < -0.4 is 10.6 Å². The molecule has 4 nitrogen and oxygen atoms in total. The molecule has 1 fully saturated rings. The van der Waals surface area contributed by atoms with Gasteiger partial charge in [-0.25, -0.2) is 0 Å². The van der Waals surface area contributed by atoms with Crippen molar-refractivity contribution in [2.75, 3.05) is 37.8 Å². The van der Waals surface area contributed by atoms with Gasteiger partial charge in [0, 0.05) is 31.2 Å². The van der Waals surface area contributed by atoms with E-state index in [9.17, 15) is 4.79 Å². The van der Waals surface area contributed by atoms with E-state index >= 15 is 0 Å². The number of unbranched alkanes of at least 4 members (excludes halogenated alkanes) is 1. The van der Waals surface area contributed by atoms with E-state index in [1.165, 1.54) is 0 Å². The number of thioether (sulfide) groups is 1. The third kappa shape index (κ3) is 5.72. The standard InChI is InChI=1S/C11H22N2O2S/c1-2-3-6-15-7-4-13-11(14)10-9-16-8-5-12-10/h10,12H,2-9H2,1H3,(H,13,14). The molecule has 5 heteroatoms. The first kappa shape index (κ1) is 13.8. The van der Waals surface area contributed by atoms with Crippen molar-refractivity contribution in [3.05, 3.63) is 0 Å². The van der Waals surface area contributed by atoms with E-state index in [4.69, 9.17) is 4.74 Å². The Morgan fingerprint density at radius 3 is 3.12 bits per heavy atom. The molecule has 2 N–H and O–H groups in total. The van der Waals surface area contributed by atoms with Gasteiger partial charge >= 0.3 is 0 Å². The highest BCUT2D eigenvalue weighted by Gasteiger charge is 2.19. The number of hydrogen-bond acceptors (Lipinski definition) is 4. The number of carbonyl (C=O) groups excluding carboxylic acids is 1. The highest BCUT2D eigenvalue weighted by Crippen LogP contribution is 2.07. The fraction of sp³-hybridized carbons (Fsp3) is 0.909. The smallest absolute Gasteiger partial charge is 0.238 e. The molecule has 0 aromatic carbocycles. The molecule has 0 spiro atoms. The van der Waals surface area contributed by atoms with Crippen LogP contribution in [0.15, 0.2) is 0 Å². The zero-order valence-corrected chi connectivity index (χ0v) is 10.8. The monoisotopic (exact) mass is 246 g/mol. The zero-order valence-electron chi connectivity index (χ0n) is 9.96. The fourth-order valence-corrected chi connectivity index (χ4v) is 2.39. The first-order valence-corrected chi connectivity index (χ1v) is 7.16. The zero-order chi connectivity index (χ0) is 11.6. The number of hydrogen-bond donors (Lipinski definition) is 2. The molecule has 0 aromatic rings. The fourth-order valence-electron chi connectivity index (χ4n) is 1.45. The summed E-state index contributed by atoms with van der Waals surface area (Å²) < 4.78 is 5.37. The minimum absolute atomic E-state index is 0.0191. The number of ether oxygens (including phenoxy) is 1. The summed E-state index contributed by atoms with van der Waals surface area (Å²) in [5.74, 6) is 2.08. The van der Waals surface area contributed by atoms with Gasteiger partial charge in [-0.3, -0.25) is 4.79 Å². The molecule has 16 heavy (non-hydrogen) atoms. The Bertz CT molecular complexity index is 196. The molecule has 1 aliphatic heterocycles. The first-order valence-electron chi connectivity index (χ1n) is 6.01. The van der Waals surface area contributed by atoms with Gasteiger partial charge in [-0.2, -0.15) is 11.8 Å². The first-order chi connectivity index (χ1) is 7.84. The van der Waals surface area contributed by atoms with Crippen molar-refractivity contribution in [1.29, 1.82) is 0 Å². The molecular weight excluding hydrogens is 224 g/mol. The highest BCUT2D eigenvalue weighted by atomic mass is 32.2. The van der Waals surface area contributed by atoms with Gasteiger partial charge in [-0.15, -0.1) is 0 Å². The lowest BCUT2D eigenvalue weighted by atomic mass is 10.3. The van der Waals surface area contributed by atoms with Gasteiger partial charge < -0.3 is 15.4 Å². The van der Waals surface area contributed by atoms with Crippen LogP contribution >= 0.6 is 11.8 Å². The maximum atomic E-state index is 11.6. The molecule has 1 atom stereocenters. The van der Waals surface area contributed by atoms with Gasteiger partial charge in [-0.05, 0) is 6.42 Å². The predicted octanol–water partition coefficient (Wildman–Crippen LogP) is 0.624. The molecule has 1 amide bonds.